The Hall–Kier alpha value is -1.58. The molecule has 4 N–H and O–H groups in total. The molecule has 0 aromatic heterocycles. The van der Waals surface area contributed by atoms with Crippen molar-refractivity contribution in [2.45, 2.75) is 136 Å². The highest BCUT2D eigenvalue weighted by atomic mass is 16.6. The first-order valence-electron chi connectivity index (χ1n) is 18.1. The molecule has 9 nitrogen and oxygen atoms in total. The SMILES string of the molecule is CNC(=O)OC(C(C)C)C1C[C@@H](C)[C@H]2C(O1)[C@H](O)[C@@]1(C)C3CC[C@H]4C(C)(C)C(OC(=O)NC5CNC5)CCC45CC35CCC21C. The third kappa shape index (κ3) is 4.20. The maximum atomic E-state index is 12.8. The topological polar surface area (TPSA) is 118 Å². The number of hydrogen-bond donors (Lipinski definition) is 4. The average Bonchev–Trinajstić information content (AvgIpc) is 3.59. The lowest BCUT2D eigenvalue weighted by Crippen LogP contribution is -2.60. The van der Waals surface area contributed by atoms with Gasteiger partial charge in [-0.1, -0.05) is 48.5 Å². The van der Waals surface area contributed by atoms with E-state index >= 15 is 0 Å². The van der Waals surface area contributed by atoms with E-state index in [0.717, 1.165) is 51.6 Å². The summed E-state index contributed by atoms with van der Waals surface area (Å²) in [7, 11) is 1.59. The molecular weight excluding hydrogens is 570 g/mol. The monoisotopic (exact) mass is 629 g/mol. The van der Waals surface area contributed by atoms with Crippen molar-refractivity contribution in [1.82, 2.24) is 16.0 Å². The largest absolute Gasteiger partial charge is 0.446 e. The molecule has 7 rings (SSSR count). The number of fused-ring (bicyclic) bond motifs is 4. The van der Waals surface area contributed by atoms with Gasteiger partial charge in [0.1, 0.15) is 12.2 Å². The minimum atomic E-state index is -0.556. The summed E-state index contributed by atoms with van der Waals surface area (Å²) in [5.74, 6) is 1.70. The van der Waals surface area contributed by atoms with Crippen molar-refractivity contribution in [3.05, 3.63) is 0 Å². The molecule has 0 aromatic rings. The molecule has 7 fully saturated rings. The predicted molar refractivity (Wildman–Crippen MR) is 170 cm³/mol. The molecule has 0 radical (unpaired) electrons. The van der Waals surface area contributed by atoms with Crippen LogP contribution in [0.4, 0.5) is 9.59 Å². The number of rotatable bonds is 5. The van der Waals surface area contributed by atoms with Crippen molar-refractivity contribution in [3.8, 4) is 0 Å². The van der Waals surface area contributed by atoms with Gasteiger partial charge in [0.15, 0.2) is 0 Å². The second kappa shape index (κ2) is 10.5. The summed E-state index contributed by atoms with van der Waals surface area (Å²) in [4.78, 5) is 25.1. The van der Waals surface area contributed by atoms with Crippen molar-refractivity contribution < 1.29 is 28.9 Å². The number of amides is 2. The molecule has 8 unspecified atom stereocenters. The quantitative estimate of drug-likeness (QED) is 0.328. The third-order valence-electron chi connectivity index (χ3n) is 15.6. The number of carbonyl (C=O) groups is 2. The normalized spacial score (nSPS) is 50.0. The molecule has 5 saturated carbocycles. The molecule has 2 heterocycles. The van der Waals surface area contributed by atoms with Crippen LogP contribution in [0.2, 0.25) is 0 Å². The van der Waals surface area contributed by atoms with Crippen LogP contribution in [0.1, 0.15) is 99.8 Å². The standard InChI is InChI=1S/C36H59N3O6/c1-19(2)27(45-30(41)37-8)22-15-20(3)26-28(43-22)29(40)34(7)24-10-9-23-32(4,5)25(44-31(42)39-21-16-38-17-21)11-12-35(23)18-36(24,35)14-13-33(26,34)6/h19-29,38,40H,9-18H2,1-8H3,(H,37,41)(H,39,42)/t20-,22?,23+,24?,25?,26+,27?,28?,29+,33?,34-,35?,36?/m1/s1. The Morgan fingerprint density at radius 2 is 1.67 bits per heavy atom. The van der Waals surface area contributed by atoms with Gasteiger partial charge >= 0.3 is 12.2 Å². The molecular formula is C36H59N3O6. The Balaban J connectivity index is 1.13. The van der Waals surface area contributed by atoms with Gasteiger partial charge in [-0.05, 0) is 97.2 Å². The van der Waals surface area contributed by atoms with Crippen LogP contribution in [0, 0.1) is 56.7 Å². The molecule has 2 saturated heterocycles. The van der Waals surface area contributed by atoms with Gasteiger partial charge in [-0.25, -0.2) is 9.59 Å². The van der Waals surface area contributed by atoms with E-state index in [4.69, 9.17) is 14.2 Å². The summed E-state index contributed by atoms with van der Waals surface area (Å²) in [6.07, 6.45) is 6.51. The van der Waals surface area contributed by atoms with Gasteiger partial charge in [0.05, 0.1) is 24.4 Å². The maximum absolute atomic E-state index is 12.8. The predicted octanol–water partition coefficient (Wildman–Crippen LogP) is 5.25. The van der Waals surface area contributed by atoms with Crippen molar-refractivity contribution >= 4 is 12.2 Å². The maximum Gasteiger partial charge on any atom is 0.407 e. The molecule has 0 bridgehead atoms. The zero-order chi connectivity index (χ0) is 32.3. The average molecular weight is 630 g/mol. The number of carbonyl (C=O) groups excluding carboxylic acids is 2. The van der Waals surface area contributed by atoms with Crippen LogP contribution in [0.5, 0.6) is 0 Å². The molecule has 7 aliphatic rings. The Bertz CT molecular complexity index is 1210. The first-order chi connectivity index (χ1) is 21.2. The van der Waals surface area contributed by atoms with E-state index in [2.05, 4.69) is 64.4 Å². The van der Waals surface area contributed by atoms with E-state index in [1.165, 1.54) is 12.8 Å². The van der Waals surface area contributed by atoms with E-state index in [1.54, 1.807) is 7.05 Å². The van der Waals surface area contributed by atoms with Crippen LogP contribution >= 0.6 is 0 Å². The first kappa shape index (κ1) is 32.0. The second-order valence-electron chi connectivity index (χ2n) is 17.8. The van der Waals surface area contributed by atoms with Gasteiger partial charge < -0.3 is 35.3 Å². The van der Waals surface area contributed by atoms with Crippen molar-refractivity contribution in [2.75, 3.05) is 20.1 Å². The zero-order valence-corrected chi connectivity index (χ0v) is 28.9. The Kier molecular flexibility index (Phi) is 7.43. The molecule has 0 aromatic carbocycles. The Labute approximate surface area is 270 Å². The fourth-order valence-electron chi connectivity index (χ4n) is 13.3. The van der Waals surface area contributed by atoms with E-state index in [1.807, 2.05) is 0 Å². The number of ether oxygens (including phenoxy) is 3. The van der Waals surface area contributed by atoms with Gasteiger partial charge in [0.2, 0.25) is 0 Å². The molecule has 2 aliphatic heterocycles. The van der Waals surface area contributed by atoms with Gasteiger partial charge in [-0.3, -0.25) is 0 Å². The fraction of sp³-hybridized carbons (Fsp3) is 0.944. The third-order valence-corrected chi connectivity index (χ3v) is 15.6. The number of hydrogen-bond acceptors (Lipinski definition) is 7. The van der Waals surface area contributed by atoms with E-state index in [0.29, 0.717) is 17.8 Å². The smallest absolute Gasteiger partial charge is 0.407 e. The summed E-state index contributed by atoms with van der Waals surface area (Å²) in [5, 5.41) is 21.4. The van der Waals surface area contributed by atoms with Crippen LogP contribution in [-0.2, 0) is 14.2 Å². The first-order valence-corrected chi connectivity index (χ1v) is 18.1. The van der Waals surface area contributed by atoms with E-state index in [9.17, 15) is 14.7 Å². The van der Waals surface area contributed by atoms with Gasteiger partial charge in [0, 0.05) is 31.0 Å². The lowest BCUT2D eigenvalue weighted by atomic mass is 9.41. The molecule has 45 heavy (non-hydrogen) atoms. The van der Waals surface area contributed by atoms with Gasteiger partial charge in [0.25, 0.3) is 0 Å². The highest BCUT2D eigenvalue weighted by Crippen LogP contribution is 2.89. The summed E-state index contributed by atoms with van der Waals surface area (Å²) < 4.78 is 18.9. The molecule has 9 heteroatoms. The second-order valence-corrected chi connectivity index (χ2v) is 17.8. The highest BCUT2D eigenvalue weighted by molar-refractivity contribution is 5.68. The van der Waals surface area contributed by atoms with Crippen LogP contribution in [0.3, 0.4) is 0 Å². The molecule has 5 aliphatic carbocycles. The number of aliphatic hydroxyl groups excluding tert-OH is 1. The number of alkyl carbamates (subject to hydrolysis) is 2. The van der Waals surface area contributed by atoms with Gasteiger partial charge in [-0.2, -0.15) is 0 Å². The minimum Gasteiger partial charge on any atom is -0.446 e. The summed E-state index contributed by atoms with van der Waals surface area (Å²) in [6.45, 7) is 17.7. The van der Waals surface area contributed by atoms with Crippen LogP contribution in [0.25, 0.3) is 0 Å². The van der Waals surface area contributed by atoms with Crippen molar-refractivity contribution in [1.29, 1.82) is 0 Å². The molecule has 13 atom stereocenters. The number of aliphatic hydroxyl groups is 1. The zero-order valence-electron chi connectivity index (χ0n) is 28.9. The lowest BCUT2D eigenvalue weighted by molar-refractivity contribution is -0.184. The lowest BCUT2D eigenvalue weighted by Gasteiger charge is -2.63. The van der Waals surface area contributed by atoms with Crippen LogP contribution in [-0.4, -0.2) is 74.0 Å². The minimum absolute atomic E-state index is 0.0206. The summed E-state index contributed by atoms with van der Waals surface area (Å²) >= 11 is 0. The van der Waals surface area contributed by atoms with Gasteiger partial charge in [-0.15, -0.1) is 0 Å². The van der Waals surface area contributed by atoms with Crippen LogP contribution < -0.4 is 16.0 Å². The van der Waals surface area contributed by atoms with Crippen molar-refractivity contribution in [3.63, 3.8) is 0 Å². The number of nitrogens with one attached hydrogen (secondary N) is 3. The highest BCUT2D eigenvalue weighted by Gasteiger charge is 2.84. The van der Waals surface area contributed by atoms with E-state index in [-0.39, 0.29) is 75.5 Å². The van der Waals surface area contributed by atoms with E-state index < -0.39 is 12.2 Å². The molecule has 254 valence electrons. The summed E-state index contributed by atoms with van der Waals surface area (Å²) in [5.41, 5.74) is 0.152. The van der Waals surface area contributed by atoms with Crippen molar-refractivity contribution in [2.24, 2.45) is 56.7 Å². The molecule has 2 amide bonds. The Morgan fingerprint density at radius 3 is 2.31 bits per heavy atom. The summed E-state index contributed by atoms with van der Waals surface area (Å²) in [6, 6.07) is 0.179. The Morgan fingerprint density at radius 1 is 0.978 bits per heavy atom. The van der Waals surface area contributed by atoms with Crippen LogP contribution in [0.15, 0.2) is 0 Å². The molecule has 2 spiro atoms. The fourth-order valence-corrected chi connectivity index (χ4v) is 13.3.